The average Bonchev–Trinajstić information content (AvgIpc) is 3.56. The molecule has 4 aromatic carbocycles. The number of nitrogens with zero attached hydrogens (tertiary/aromatic N) is 4. The molecule has 0 spiro atoms. The molecule has 2 aliphatic rings. The second kappa shape index (κ2) is 11.6. The monoisotopic (exact) mass is 618 g/mol. The Morgan fingerprint density at radius 3 is 1.11 bits per heavy atom. The Morgan fingerprint density at radius 1 is 0.478 bits per heavy atom. The number of carbonyl (C=O) groups excluding carboxylic acids is 4. The van der Waals surface area contributed by atoms with Gasteiger partial charge in [0.05, 0.1) is 21.2 Å². The topological polar surface area (TPSA) is 179 Å². The van der Waals surface area contributed by atoms with Crippen LogP contribution in [0.3, 0.4) is 0 Å². The third kappa shape index (κ3) is 5.56. The quantitative estimate of drug-likeness (QED) is 0.130. The smallest absolute Gasteiger partial charge is 0.269 e. The van der Waals surface area contributed by atoms with Gasteiger partial charge < -0.3 is 9.47 Å². The third-order valence-corrected chi connectivity index (χ3v) is 6.90. The SMILES string of the molecule is O=C1C=CC(=O)N1c1cc(-c2ccc(Oc3ccc([N+](=O)[O-])cc3)c(N3C(=O)C=CC3=O)c2)ccc1Oc1ccc([N+](=O)[O-])cc1. The second-order valence-electron chi connectivity index (χ2n) is 9.76. The van der Waals surface area contributed by atoms with Gasteiger partial charge in [0.1, 0.15) is 11.5 Å². The summed E-state index contributed by atoms with van der Waals surface area (Å²) in [6.45, 7) is 0. The zero-order valence-corrected chi connectivity index (χ0v) is 23.3. The minimum absolute atomic E-state index is 0.0681. The molecule has 0 saturated heterocycles. The summed E-state index contributed by atoms with van der Waals surface area (Å²) in [5.74, 6) is -1.89. The predicted octanol–water partition coefficient (Wildman–Crippen LogP) is 5.61. The van der Waals surface area contributed by atoms with Crippen molar-refractivity contribution in [3.05, 3.63) is 129 Å². The number of ether oxygens (including phenoxy) is 2. The van der Waals surface area contributed by atoms with Gasteiger partial charge >= 0.3 is 0 Å². The van der Waals surface area contributed by atoms with Crippen LogP contribution in [0, 0.1) is 20.2 Å². The molecule has 0 N–H and O–H groups in total. The summed E-state index contributed by atoms with van der Waals surface area (Å²) in [5.41, 5.74) is 0.734. The summed E-state index contributed by atoms with van der Waals surface area (Å²) in [5, 5.41) is 22.1. The fourth-order valence-corrected chi connectivity index (χ4v) is 4.72. The van der Waals surface area contributed by atoms with Crippen LogP contribution in [0.1, 0.15) is 0 Å². The normalized spacial score (nSPS) is 13.9. The summed E-state index contributed by atoms with van der Waals surface area (Å²) in [7, 11) is 0. The van der Waals surface area contributed by atoms with Gasteiger partial charge in [0.15, 0.2) is 11.5 Å². The Hall–Kier alpha value is -6.96. The highest BCUT2D eigenvalue weighted by molar-refractivity contribution is 6.29. The number of amides is 4. The van der Waals surface area contributed by atoms with Gasteiger partial charge in [0.25, 0.3) is 35.0 Å². The van der Waals surface area contributed by atoms with Crippen molar-refractivity contribution in [1.82, 2.24) is 0 Å². The maximum Gasteiger partial charge on any atom is 0.269 e. The molecule has 0 atom stereocenters. The Balaban J connectivity index is 1.41. The van der Waals surface area contributed by atoms with E-state index < -0.39 is 33.5 Å². The van der Waals surface area contributed by atoms with Gasteiger partial charge in [-0.15, -0.1) is 0 Å². The number of nitro groups is 2. The Labute approximate surface area is 258 Å². The molecule has 4 aromatic rings. The summed E-state index contributed by atoms with van der Waals surface area (Å²) in [6.07, 6.45) is 4.41. The Kier molecular flexibility index (Phi) is 7.35. The standard InChI is InChI=1S/C32H18N4O10/c37-29-13-14-30(38)33(29)25-17-19(1-11-27(25)45-23-7-3-21(4-8-23)35(41)42)20-2-12-28(26(18-20)34-31(39)15-16-32(34)40)46-24-9-5-22(6-10-24)36(43)44/h1-18H. The fraction of sp³-hybridized carbons (Fsp3) is 0. The van der Waals surface area contributed by atoms with Crippen molar-refractivity contribution in [2.24, 2.45) is 0 Å². The number of anilines is 2. The summed E-state index contributed by atoms with van der Waals surface area (Å²) < 4.78 is 11.8. The summed E-state index contributed by atoms with van der Waals surface area (Å²) in [6, 6.07) is 19.7. The number of imide groups is 2. The fourth-order valence-electron chi connectivity index (χ4n) is 4.72. The van der Waals surface area contributed by atoms with E-state index in [0.29, 0.717) is 11.1 Å². The third-order valence-electron chi connectivity index (χ3n) is 6.90. The van der Waals surface area contributed by atoms with Crippen LogP contribution in [0.25, 0.3) is 11.1 Å². The highest BCUT2D eigenvalue weighted by Crippen LogP contribution is 2.41. The Morgan fingerprint density at radius 2 is 0.804 bits per heavy atom. The average molecular weight is 619 g/mol. The van der Waals surface area contributed by atoms with E-state index in [1.807, 2.05) is 0 Å². The molecule has 6 rings (SSSR count). The van der Waals surface area contributed by atoms with E-state index in [9.17, 15) is 39.4 Å². The van der Waals surface area contributed by atoms with E-state index in [4.69, 9.17) is 9.47 Å². The minimum atomic E-state index is -0.623. The van der Waals surface area contributed by atoms with E-state index in [2.05, 4.69) is 0 Å². The first-order valence-electron chi connectivity index (χ1n) is 13.3. The van der Waals surface area contributed by atoms with Gasteiger partial charge in [-0.05, 0) is 59.7 Å². The molecule has 0 radical (unpaired) electrons. The molecule has 14 nitrogen and oxygen atoms in total. The van der Waals surface area contributed by atoms with E-state index >= 15 is 0 Å². The number of nitro benzene ring substituents is 2. The molecule has 2 aliphatic heterocycles. The van der Waals surface area contributed by atoms with Gasteiger partial charge in [-0.1, -0.05) is 12.1 Å². The lowest BCUT2D eigenvalue weighted by Crippen LogP contribution is -2.30. The molecular formula is C32H18N4O10. The van der Waals surface area contributed by atoms with Gasteiger partial charge in [-0.2, -0.15) is 0 Å². The van der Waals surface area contributed by atoms with Crippen molar-refractivity contribution in [3.8, 4) is 34.1 Å². The number of rotatable bonds is 9. The van der Waals surface area contributed by atoms with Gasteiger partial charge in [0, 0.05) is 48.6 Å². The molecule has 0 aromatic heterocycles. The second-order valence-corrected chi connectivity index (χ2v) is 9.76. The highest BCUT2D eigenvalue weighted by atomic mass is 16.6. The first-order valence-corrected chi connectivity index (χ1v) is 13.3. The molecule has 0 bridgehead atoms. The first-order chi connectivity index (χ1) is 22.1. The molecule has 2 heterocycles. The van der Waals surface area contributed by atoms with Crippen LogP contribution >= 0.6 is 0 Å². The van der Waals surface area contributed by atoms with Crippen molar-refractivity contribution in [1.29, 1.82) is 0 Å². The number of carbonyl (C=O) groups is 4. The minimum Gasteiger partial charge on any atom is -0.455 e. The summed E-state index contributed by atoms with van der Waals surface area (Å²) in [4.78, 5) is 73.5. The highest BCUT2D eigenvalue weighted by Gasteiger charge is 2.31. The predicted molar refractivity (Wildman–Crippen MR) is 161 cm³/mol. The molecule has 4 amide bonds. The number of hydrogen-bond donors (Lipinski definition) is 0. The molecule has 0 fully saturated rings. The van der Waals surface area contributed by atoms with Crippen LogP contribution in [-0.2, 0) is 19.2 Å². The first kappa shape index (κ1) is 29.1. The van der Waals surface area contributed by atoms with Gasteiger partial charge in [-0.25, -0.2) is 9.80 Å². The van der Waals surface area contributed by atoms with Crippen molar-refractivity contribution in [2.75, 3.05) is 9.80 Å². The van der Waals surface area contributed by atoms with E-state index in [0.717, 1.165) is 34.1 Å². The van der Waals surface area contributed by atoms with E-state index in [-0.39, 0.29) is 45.7 Å². The van der Waals surface area contributed by atoms with Gasteiger partial charge in [-0.3, -0.25) is 39.4 Å². The molecule has 0 saturated carbocycles. The summed E-state index contributed by atoms with van der Waals surface area (Å²) >= 11 is 0. The Bertz CT molecular complexity index is 1850. The van der Waals surface area contributed by atoms with Crippen molar-refractivity contribution < 1.29 is 38.5 Å². The van der Waals surface area contributed by atoms with Crippen molar-refractivity contribution in [2.45, 2.75) is 0 Å². The molecule has 0 unspecified atom stereocenters. The molecule has 0 aliphatic carbocycles. The van der Waals surface area contributed by atoms with Gasteiger partial charge in [0.2, 0.25) is 0 Å². The van der Waals surface area contributed by atoms with Crippen LogP contribution in [0.15, 0.2) is 109 Å². The number of benzene rings is 4. The zero-order chi connectivity index (χ0) is 32.5. The van der Waals surface area contributed by atoms with Crippen LogP contribution in [0.5, 0.6) is 23.0 Å². The van der Waals surface area contributed by atoms with Crippen LogP contribution in [0.2, 0.25) is 0 Å². The van der Waals surface area contributed by atoms with Crippen LogP contribution in [-0.4, -0.2) is 33.5 Å². The van der Waals surface area contributed by atoms with Crippen molar-refractivity contribution >= 4 is 46.4 Å². The molecular weight excluding hydrogens is 600 g/mol. The van der Waals surface area contributed by atoms with Crippen molar-refractivity contribution in [3.63, 3.8) is 0 Å². The largest absolute Gasteiger partial charge is 0.455 e. The maximum absolute atomic E-state index is 12.7. The molecule has 46 heavy (non-hydrogen) atoms. The maximum atomic E-state index is 12.7. The molecule has 226 valence electrons. The number of non-ortho nitro benzene ring substituents is 2. The van der Waals surface area contributed by atoms with E-state index in [1.165, 1.54) is 72.8 Å². The molecule has 14 heteroatoms. The van der Waals surface area contributed by atoms with E-state index in [1.54, 1.807) is 12.1 Å². The number of hydrogen-bond acceptors (Lipinski definition) is 10. The van der Waals surface area contributed by atoms with Crippen LogP contribution < -0.4 is 19.3 Å². The lowest BCUT2D eigenvalue weighted by Gasteiger charge is -2.21. The van der Waals surface area contributed by atoms with Crippen LogP contribution in [0.4, 0.5) is 22.7 Å². The lowest BCUT2D eigenvalue weighted by atomic mass is 10.0. The lowest BCUT2D eigenvalue weighted by molar-refractivity contribution is -0.385. The zero-order valence-electron chi connectivity index (χ0n) is 23.3.